The highest BCUT2D eigenvalue weighted by atomic mass is 32.2. The van der Waals surface area contributed by atoms with E-state index < -0.39 is 15.4 Å². The molecule has 0 spiro atoms. The standard InChI is InChI=1S/C24H34N2O4S/c1-3-5-17-25(18-6-4-2)23-11-7-21(8-12-23)9-13-24(31(28,29)30)14-10-22-15-19-26(27)20-16-22/h7-9,11-13,15-16,19-20,24H,3-6,10,14,17-18H2,1-2H3,(H,28,29,30)/b13-9+. The van der Waals surface area contributed by atoms with Gasteiger partial charge in [-0.25, -0.2) is 0 Å². The van der Waals surface area contributed by atoms with Gasteiger partial charge in [-0.2, -0.15) is 13.1 Å². The molecule has 1 aromatic heterocycles. The molecule has 1 N–H and O–H groups in total. The fourth-order valence-corrected chi connectivity index (χ4v) is 4.04. The molecule has 170 valence electrons. The zero-order valence-electron chi connectivity index (χ0n) is 18.5. The molecule has 0 aliphatic heterocycles. The minimum Gasteiger partial charge on any atom is -0.619 e. The SMILES string of the molecule is CCCCN(CCCC)c1ccc(/C=C/C(CCc2cc[n+]([O-])cc2)S(=O)(=O)O)cc1. The van der Waals surface area contributed by atoms with Gasteiger partial charge in [0.05, 0.1) is 0 Å². The Hall–Kier alpha value is -2.38. The van der Waals surface area contributed by atoms with Crippen LogP contribution in [0.2, 0.25) is 0 Å². The molecule has 0 fully saturated rings. The van der Waals surface area contributed by atoms with Gasteiger partial charge in [-0.05, 0) is 48.9 Å². The fourth-order valence-electron chi connectivity index (χ4n) is 3.35. The van der Waals surface area contributed by atoms with Gasteiger partial charge in [-0.3, -0.25) is 4.55 Å². The van der Waals surface area contributed by atoms with Gasteiger partial charge >= 0.3 is 0 Å². The van der Waals surface area contributed by atoms with Crippen LogP contribution >= 0.6 is 0 Å². The number of unbranched alkanes of at least 4 members (excludes halogenated alkanes) is 2. The summed E-state index contributed by atoms with van der Waals surface area (Å²) < 4.78 is 33.9. The normalized spacial score (nSPS) is 12.9. The Labute approximate surface area is 186 Å². The van der Waals surface area contributed by atoms with E-state index in [1.807, 2.05) is 12.1 Å². The van der Waals surface area contributed by atoms with Crippen LogP contribution in [0.15, 0.2) is 54.9 Å². The number of anilines is 1. The predicted octanol–water partition coefficient (Wildman–Crippen LogP) is 4.63. The van der Waals surface area contributed by atoms with Crippen LogP contribution in [0.25, 0.3) is 6.08 Å². The highest BCUT2D eigenvalue weighted by molar-refractivity contribution is 7.86. The van der Waals surface area contributed by atoms with E-state index in [2.05, 4.69) is 30.9 Å². The molecule has 1 aromatic carbocycles. The predicted molar refractivity (Wildman–Crippen MR) is 127 cm³/mol. The van der Waals surface area contributed by atoms with Crippen molar-refractivity contribution in [1.29, 1.82) is 0 Å². The molecule has 0 bridgehead atoms. The second kappa shape index (κ2) is 12.5. The maximum Gasteiger partial charge on any atom is 0.271 e. The molecule has 0 aliphatic rings. The smallest absolute Gasteiger partial charge is 0.271 e. The Morgan fingerprint density at radius 2 is 1.61 bits per heavy atom. The third-order valence-corrected chi connectivity index (χ3v) is 6.45. The molecule has 0 aliphatic carbocycles. The van der Waals surface area contributed by atoms with Crippen LogP contribution in [0.1, 0.15) is 57.1 Å². The van der Waals surface area contributed by atoms with E-state index in [9.17, 15) is 18.2 Å². The fraction of sp³-hybridized carbons (Fsp3) is 0.458. The minimum absolute atomic E-state index is 0.234. The molecule has 1 heterocycles. The van der Waals surface area contributed by atoms with E-state index in [0.29, 0.717) is 11.2 Å². The quantitative estimate of drug-likeness (QED) is 0.275. The summed E-state index contributed by atoms with van der Waals surface area (Å²) in [6, 6.07) is 11.4. The molecule has 7 heteroatoms. The van der Waals surface area contributed by atoms with Crippen molar-refractivity contribution in [3.63, 3.8) is 0 Å². The molecule has 2 rings (SSSR count). The summed E-state index contributed by atoms with van der Waals surface area (Å²) in [6.07, 6.45) is 11.3. The molecule has 0 saturated heterocycles. The zero-order chi connectivity index (χ0) is 22.7. The van der Waals surface area contributed by atoms with Gasteiger partial charge in [0.2, 0.25) is 0 Å². The number of benzene rings is 1. The van der Waals surface area contributed by atoms with Crippen LogP contribution < -0.4 is 9.63 Å². The maximum absolute atomic E-state index is 11.8. The Morgan fingerprint density at radius 3 is 2.13 bits per heavy atom. The van der Waals surface area contributed by atoms with E-state index >= 15 is 0 Å². The molecule has 1 unspecified atom stereocenters. The highest BCUT2D eigenvalue weighted by Crippen LogP contribution is 2.19. The molecular formula is C24H34N2O4S. The van der Waals surface area contributed by atoms with Crippen molar-refractivity contribution in [3.8, 4) is 0 Å². The van der Waals surface area contributed by atoms with E-state index in [1.165, 1.54) is 24.2 Å². The summed E-state index contributed by atoms with van der Waals surface area (Å²) in [7, 11) is -4.22. The monoisotopic (exact) mass is 446 g/mol. The van der Waals surface area contributed by atoms with Gasteiger partial charge in [-0.15, -0.1) is 0 Å². The average molecular weight is 447 g/mol. The average Bonchev–Trinajstić information content (AvgIpc) is 2.75. The van der Waals surface area contributed by atoms with Gasteiger partial charge in [0.15, 0.2) is 12.4 Å². The molecule has 1 atom stereocenters. The summed E-state index contributed by atoms with van der Waals surface area (Å²) in [5.74, 6) is 0. The minimum atomic E-state index is -4.22. The van der Waals surface area contributed by atoms with Crippen molar-refractivity contribution in [2.24, 2.45) is 0 Å². The van der Waals surface area contributed by atoms with Crippen LogP contribution in [0.3, 0.4) is 0 Å². The van der Waals surface area contributed by atoms with Crippen LogP contribution in [0, 0.1) is 5.21 Å². The number of aromatic nitrogens is 1. The van der Waals surface area contributed by atoms with Crippen molar-refractivity contribution >= 4 is 21.9 Å². The van der Waals surface area contributed by atoms with Gasteiger partial charge in [0.1, 0.15) is 5.25 Å². The first-order chi connectivity index (χ1) is 14.8. The van der Waals surface area contributed by atoms with Crippen LogP contribution in [-0.2, 0) is 16.5 Å². The molecular weight excluding hydrogens is 412 g/mol. The van der Waals surface area contributed by atoms with Crippen molar-refractivity contribution in [2.75, 3.05) is 18.0 Å². The van der Waals surface area contributed by atoms with E-state index in [-0.39, 0.29) is 6.42 Å². The number of aryl methyl sites for hydroxylation is 1. The van der Waals surface area contributed by atoms with E-state index in [0.717, 1.165) is 49.9 Å². The molecule has 0 radical (unpaired) electrons. The second-order valence-corrected chi connectivity index (χ2v) is 9.44. The number of pyridine rings is 1. The lowest BCUT2D eigenvalue weighted by Gasteiger charge is -2.24. The van der Waals surface area contributed by atoms with E-state index in [4.69, 9.17) is 0 Å². The largest absolute Gasteiger partial charge is 0.619 e. The Kier molecular flexibility index (Phi) is 10.0. The molecule has 31 heavy (non-hydrogen) atoms. The first kappa shape index (κ1) is 24.9. The third-order valence-electron chi connectivity index (χ3n) is 5.30. The third kappa shape index (κ3) is 8.71. The summed E-state index contributed by atoms with van der Waals surface area (Å²) in [4.78, 5) is 2.40. The van der Waals surface area contributed by atoms with Crippen molar-refractivity contribution in [3.05, 3.63) is 71.2 Å². The van der Waals surface area contributed by atoms with Gasteiger partial charge in [-0.1, -0.05) is 51.0 Å². The maximum atomic E-state index is 11.8. The molecule has 2 aromatic rings. The van der Waals surface area contributed by atoms with Crippen molar-refractivity contribution in [1.82, 2.24) is 0 Å². The summed E-state index contributed by atoms with van der Waals surface area (Å²) >= 11 is 0. The second-order valence-electron chi connectivity index (χ2n) is 7.80. The number of hydrogen-bond donors (Lipinski definition) is 1. The summed E-state index contributed by atoms with van der Waals surface area (Å²) in [5, 5.41) is 10.1. The lowest BCUT2D eigenvalue weighted by Crippen LogP contribution is -2.25. The molecule has 6 nitrogen and oxygen atoms in total. The lowest BCUT2D eigenvalue weighted by molar-refractivity contribution is -0.605. The summed E-state index contributed by atoms with van der Waals surface area (Å²) in [5.41, 5.74) is 2.90. The topological polar surface area (TPSA) is 84.5 Å². The summed E-state index contributed by atoms with van der Waals surface area (Å²) in [6.45, 7) is 6.44. The molecule has 0 saturated carbocycles. The van der Waals surface area contributed by atoms with Crippen molar-refractivity contribution < 1.29 is 17.7 Å². The van der Waals surface area contributed by atoms with Crippen LogP contribution in [0.5, 0.6) is 0 Å². The van der Waals surface area contributed by atoms with E-state index in [1.54, 1.807) is 18.2 Å². The van der Waals surface area contributed by atoms with Crippen LogP contribution in [-0.4, -0.2) is 31.3 Å². The number of nitrogens with zero attached hydrogens (tertiary/aromatic N) is 2. The van der Waals surface area contributed by atoms with Crippen LogP contribution in [0.4, 0.5) is 5.69 Å². The first-order valence-corrected chi connectivity index (χ1v) is 12.5. The Morgan fingerprint density at radius 1 is 1.03 bits per heavy atom. The van der Waals surface area contributed by atoms with Gasteiger partial charge < -0.3 is 10.1 Å². The molecule has 0 amide bonds. The first-order valence-electron chi connectivity index (χ1n) is 11.0. The Bertz CT molecular complexity index is 902. The number of rotatable bonds is 13. The van der Waals surface area contributed by atoms with Gasteiger partial charge in [0.25, 0.3) is 10.1 Å². The lowest BCUT2D eigenvalue weighted by atomic mass is 10.1. The Balaban J connectivity index is 2.06. The number of hydrogen-bond acceptors (Lipinski definition) is 4. The van der Waals surface area contributed by atoms with Crippen molar-refractivity contribution in [2.45, 2.75) is 57.6 Å². The zero-order valence-corrected chi connectivity index (χ0v) is 19.3. The van der Waals surface area contributed by atoms with Gasteiger partial charge in [0, 0.05) is 30.9 Å². The highest BCUT2D eigenvalue weighted by Gasteiger charge is 2.20.